The molecule has 0 aliphatic heterocycles. The molecule has 6 heteroatoms. The Morgan fingerprint density at radius 2 is 2.00 bits per heavy atom. The zero-order valence-corrected chi connectivity index (χ0v) is 10.3. The Morgan fingerprint density at radius 3 is 2.58 bits per heavy atom. The van der Waals surface area contributed by atoms with E-state index in [-0.39, 0.29) is 11.4 Å². The van der Waals surface area contributed by atoms with E-state index in [2.05, 4.69) is 4.98 Å². The van der Waals surface area contributed by atoms with Crippen molar-refractivity contribution in [1.82, 2.24) is 4.98 Å². The largest absolute Gasteiger partial charge is 0.496 e. The fraction of sp³-hybridized carbons (Fsp3) is 0.154. The Labute approximate surface area is 108 Å². The summed E-state index contributed by atoms with van der Waals surface area (Å²) in [5.74, 6) is -0.889. The number of hydrogen-bond acceptors (Lipinski definition) is 5. The van der Waals surface area contributed by atoms with Crippen LogP contribution in [0.4, 0.5) is 0 Å². The molecule has 19 heavy (non-hydrogen) atoms. The first kappa shape index (κ1) is 12.8. The van der Waals surface area contributed by atoms with Crippen molar-refractivity contribution in [3.8, 4) is 11.5 Å². The first-order valence-electron chi connectivity index (χ1n) is 5.42. The summed E-state index contributed by atoms with van der Waals surface area (Å²) in [4.78, 5) is 25.8. The molecule has 1 heterocycles. The summed E-state index contributed by atoms with van der Waals surface area (Å²) in [5.41, 5.74) is 0.296. The van der Waals surface area contributed by atoms with E-state index in [1.807, 2.05) is 0 Å². The number of carbonyl (C=O) groups excluding carboxylic acids is 1. The van der Waals surface area contributed by atoms with Crippen LogP contribution in [-0.2, 0) is 4.79 Å². The second-order valence-corrected chi connectivity index (χ2v) is 3.79. The Bertz CT molecular complexity index is 665. The van der Waals surface area contributed by atoms with E-state index in [1.165, 1.54) is 26.2 Å². The van der Waals surface area contributed by atoms with Gasteiger partial charge in [0, 0.05) is 24.4 Å². The fourth-order valence-electron chi connectivity index (χ4n) is 1.69. The summed E-state index contributed by atoms with van der Waals surface area (Å²) >= 11 is 0. The van der Waals surface area contributed by atoms with Crippen LogP contribution in [0.5, 0.6) is 11.5 Å². The van der Waals surface area contributed by atoms with Crippen LogP contribution in [0.25, 0.3) is 10.9 Å². The maximum Gasteiger partial charge on any atom is 0.354 e. The molecule has 1 N–H and O–H groups in total. The van der Waals surface area contributed by atoms with Gasteiger partial charge in [-0.25, -0.2) is 9.78 Å². The molecular formula is C13H11NO5. The number of carboxylic acid groups (broad SMARTS) is 1. The third-order valence-corrected chi connectivity index (χ3v) is 2.44. The summed E-state index contributed by atoms with van der Waals surface area (Å²) in [7, 11) is 1.47. The molecule has 0 amide bonds. The van der Waals surface area contributed by atoms with Gasteiger partial charge in [-0.05, 0) is 12.1 Å². The number of aromatic nitrogens is 1. The second-order valence-electron chi connectivity index (χ2n) is 3.79. The topological polar surface area (TPSA) is 85.7 Å². The molecule has 98 valence electrons. The number of hydrogen-bond donors (Lipinski definition) is 1. The summed E-state index contributed by atoms with van der Waals surface area (Å²) in [6, 6.07) is 6.03. The molecule has 0 spiro atoms. The normalized spacial score (nSPS) is 10.2. The summed E-state index contributed by atoms with van der Waals surface area (Å²) in [6.45, 7) is 1.28. The van der Waals surface area contributed by atoms with E-state index < -0.39 is 11.9 Å². The quantitative estimate of drug-likeness (QED) is 0.670. The lowest BCUT2D eigenvalue weighted by atomic mass is 10.1. The number of fused-ring (bicyclic) bond motifs is 1. The molecule has 0 aliphatic rings. The number of nitrogens with zero attached hydrogens (tertiary/aromatic N) is 1. The van der Waals surface area contributed by atoms with Crippen LogP contribution in [0.15, 0.2) is 24.3 Å². The maximum atomic E-state index is 10.9. The van der Waals surface area contributed by atoms with E-state index in [9.17, 15) is 9.59 Å². The van der Waals surface area contributed by atoms with Gasteiger partial charge in [0.2, 0.25) is 0 Å². The third-order valence-electron chi connectivity index (χ3n) is 2.44. The number of methoxy groups -OCH3 is 1. The maximum absolute atomic E-state index is 10.9. The number of carboxylic acids is 1. The number of carbonyl (C=O) groups is 2. The van der Waals surface area contributed by atoms with Gasteiger partial charge in [0.25, 0.3) is 0 Å². The van der Waals surface area contributed by atoms with Gasteiger partial charge in [-0.1, -0.05) is 0 Å². The van der Waals surface area contributed by atoms with Gasteiger partial charge in [0.15, 0.2) is 0 Å². The molecule has 1 aromatic carbocycles. The van der Waals surface area contributed by atoms with Crippen molar-refractivity contribution >= 4 is 22.8 Å². The van der Waals surface area contributed by atoms with Crippen LogP contribution in [0.1, 0.15) is 17.4 Å². The van der Waals surface area contributed by atoms with E-state index in [0.717, 1.165) is 0 Å². The molecule has 6 nitrogen and oxygen atoms in total. The predicted molar refractivity (Wildman–Crippen MR) is 66.6 cm³/mol. The lowest BCUT2D eigenvalue weighted by Crippen LogP contribution is -2.03. The minimum Gasteiger partial charge on any atom is -0.496 e. The molecule has 0 atom stereocenters. The molecule has 0 fully saturated rings. The van der Waals surface area contributed by atoms with Gasteiger partial charge in [-0.3, -0.25) is 4.79 Å². The van der Waals surface area contributed by atoms with Gasteiger partial charge in [0.1, 0.15) is 17.2 Å². The molecule has 0 unspecified atom stereocenters. The SMILES string of the molecule is COc1cc(OC(C)=O)cc2nc(C(=O)O)ccc12. The highest BCUT2D eigenvalue weighted by Crippen LogP contribution is 2.30. The molecule has 2 rings (SSSR count). The van der Waals surface area contributed by atoms with Gasteiger partial charge in [-0.15, -0.1) is 0 Å². The molecule has 2 aromatic rings. The zero-order valence-electron chi connectivity index (χ0n) is 10.3. The Kier molecular flexibility index (Phi) is 3.33. The van der Waals surface area contributed by atoms with Crippen LogP contribution < -0.4 is 9.47 Å². The van der Waals surface area contributed by atoms with Crippen molar-refractivity contribution in [2.75, 3.05) is 7.11 Å². The monoisotopic (exact) mass is 261 g/mol. The van der Waals surface area contributed by atoms with Crippen molar-refractivity contribution in [3.05, 3.63) is 30.0 Å². The average Bonchev–Trinajstić information content (AvgIpc) is 2.36. The summed E-state index contributed by atoms with van der Waals surface area (Å²) in [5, 5.41) is 9.55. The fourth-order valence-corrected chi connectivity index (χ4v) is 1.69. The summed E-state index contributed by atoms with van der Waals surface area (Å²) < 4.78 is 10.1. The van der Waals surface area contributed by atoms with Crippen molar-refractivity contribution in [2.45, 2.75) is 6.92 Å². The molecule has 0 aliphatic carbocycles. The summed E-state index contributed by atoms with van der Waals surface area (Å²) in [6.07, 6.45) is 0. The van der Waals surface area contributed by atoms with Crippen molar-refractivity contribution < 1.29 is 24.2 Å². The highest BCUT2D eigenvalue weighted by atomic mass is 16.5. The number of rotatable bonds is 3. The van der Waals surface area contributed by atoms with Crippen LogP contribution in [0, 0.1) is 0 Å². The van der Waals surface area contributed by atoms with Gasteiger partial charge in [0.05, 0.1) is 12.6 Å². The van der Waals surface area contributed by atoms with E-state index >= 15 is 0 Å². The molecule has 1 aromatic heterocycles. The molecule has 0 saturated heterocycles. The van der Waals surface area contributed by atoms with Crippen molar-refractivity contribution in [2.24, 2.45) is 0 Å². The smallest absolute Gasteiger partial charge is 0.354 e. The first-order valence-corrected chi connectivity index (χ1v) is 5.42. The minimum atomic E-state index is -1.13. The standard InChI is InChI=1S/C13H11NO5/c1-7(15)19-8-5-11-9(12(6-8)18-2)3-4-10(14-11)13(16)17/h3-6H,1-2H3,(H,16,17). The molecule has 0 bridgehead atoms. The number of aromatic carboxylic acids is 1. The second kappa shape index (κ2) is 4.93. The highest BCUT2D eigenvalue weighted by molar-refractivity contribution is 5.93. The Hall–Kier alpha value is -2.63. The lowest BCUT2D eigenvalue weighted by molar-refractivity contribution is -0.131. The predicted octanol–water partition coefficient (Wildman–Crippen LogP) is 1.87. The lowest BCUT2D eigenvalue weighted by Gasteiger charge is -2.08. The zero-order chi connectivity index (χ0) is 14.0. The number of ether oxygens (including phenoxy) is 2. The van der Waals surface area contributed by atoms with E-state index in [0.29, 0.717) is 16.7 Å². The minimum absolute atomic E-state index is 0.0884. The molecular weight excluding hydrogens is 250 g/mol. The van der Waals surface area contributed by atoms with E-state index in [4.69, 9.17) is 14.6 Å². The molecule has 0 radical (unpaired) electrons. The van der Waals surface area contributed by atoms with E-state index in [1.54, 1.807) is 12.1 Å². The highest BCUT2D eigenvalue weighted by Gasteiger charge is 2.11. The molecule has 0 saturated carbocycles. The van der Waals surface area contributed by atoms with Crippen molar-refractivity contribution in [1.29, 1.82) is 0 Å². The third kappa shape index (κ3) is 2.62. The van der Waals surface area contributed by atoms with Crippen LogP contribution >= 0.6 is 0 Å². The van der Waals surface area contributed by atoms with Gasteiger partial charge in [-0.2, -0.15) is 0 Å². The average molecular weight is 261 g/mol. The van der Waals surface area contributed by atoms with Gasteiger partial charge < -0.3 is 14.6 Å². The number of benzene rings is 1. The Balaban J connectivity index is 2.63. The van der Waals surface area contributed by atoms with Crippen LogP contribution in [-0.4, -0.2) is 29.1 Å². The first-order chi connectivity index (χ1) is 9.01. The van der Waals surface area contributed by atoms with Gasteiger partial charge >= 0.3 is 11.9 Å². The Morgan fingerprint density at radius 1 is 1.26 bits per heavy atom. The number of esters is 1. The van der Waals surface area contributed by atoms with Crippen molar-refractivity contribution in [3.63, 3.8) is 0 Å². The van der Waals surface area contributed by atoms with Crippen LogP contribution in [0.3, 0.4) is 0 Å². The van der Waals surface area contributed by atoms with Crippen LogP contribution in [0.2, 0.25) is 0 Å². The number of pyridine rings is 1.